The minimum absolute atomic E-state index is 0.0428. The minimum atomic E-state index is -4.46. The molecule has 4 heterocycles. The van der Waals surface area contributed by atoms with Crippen molar-refractivity contribution in [2.45, 2.75) is 38.1 Å². The Kier molecular flexibility index (Phi) is 4.77. The molecule has 1 unspecified atom stereocenters. The van der Waals surface area contributed by atoms with E-state index in [0.717, 1.165) is 25.2 Å². The number of carbonyl (C=O) groups excluding carboxylic acids is 1. The van der Waals surface area contributed by atoms with Gasteiger partial charge in [-0.1, -0.05) is 0 Å². The zero-order chi connectivity index (χ0) is 19.0. The van der Waals surface area contributed by atoms with Crippen LogP contribution in [0, 0.1) is 0 Å². The van der Waals surface area contributed by atoms with E-state index in [4.69, 9.17) is 4.74 Å². The maximum absolute atomic E-state index is 12.8. The van der Waals surface area contributed by atoms with Crippen molar-refractivity contribution in [2.75, 3.05) is 26.3 Å². The fourth-order valence-electron chi connectivity index (χ4n) is 3.29. The van der Waals surface area contributed by atoms with Crippen LogP contribution < -0.4 is 5.32 Å². The van der Waals surface area contributed by atoms with Gasteiger partial charge in [-0.2, -0.15) is 13.2 Å². The molecule has 0 radical (unpaired) electrons. The summed E-state index contributed by atoms with van der Waals surface area (Å²) in [4.78, 5) is 22.2. The summed E-state index contributed by atoms with van der Waals surface area (Å²) >= 11 is 0. The number of aromatic nitrogens is 3. The van der Waals surface area contributed by atoms with Crippen LogP contribution in [0.1, 0.15) is 24.2 Å². The van der Waals surface area contributed by atoms with Gasteiger partial charge in [-0.25, -0.2) is 9.97 Å². The second-order valence-electron chi connectivity index (χ2n) is 6.82. The lowest BCUT2D eigenvalue weighted by molar-refractivity contribution is -0.137. The maximum Gasteiger partial charge on any atom is 0.417 e. The zero-order valence-electron chi connectivity index (χ0n) is 14.6. The third-order valence-corrected chi connectivity index (χ3v) is 4.97. The van der Waals surface area contributed by atoms with E-state index in [1.54, 1.807) is 9.47 Å². The maximum atomic E-state index is 12.8. The second-order valence-corrected chi connectivity index (χ2v) is 6.82. The molecule has 1 atom stereocenters. The fourth-order valence-corrected chi connectivity index (χ4v) is 3.29. The lowest BCUT2D eigenvalue weighted by Crippen LogP contribution is -2.46. The molecule has 7 nitrogen and oxygen atoms in total. The van der Waals surface area contributed by atoms with Gasteiger partial charge in [-0.3, -0.25) is 4.79 Å². The van der Waals surface area contributed by atoms with E-state index in [0.29, 0.717) is 43.8 Å². The molecule has 1 N–H and O–H groups in total. The summed E-state index contributed by atoms with van der Waals surface area (Å²) in [6.07, 6.45) is -2.25. The van der Waals surface area contributed by atoms with Crippen LogP contribution in [-0.2, 0) is 28.8 Å². The summed E-state index contributed by atoms with van der Waals surface area (Å²) < 4.78 is 45.8. The van der Waals surface area contributed by atoms with Gasteiger partial charge in [0, 0.05) is 25.3 Å². The van der Waals surface area contributed by atoms with Gasteiger partial charge in [-0.15, -0.1) is 0 Å². The number of fused-ring (bicyclic) bond motifs is 3. The number of nitrogens with zero attached hydrogens (tertiary/aromatic N) is 4. The van der Waals surface area contributed by atoms with Crippen molar-refractivity contribution >= 4 is 17.1 Å². The number of nitrogens with one attached hydrogen (secondary N) is 1. The van der Waals surface area contributed by atoms with Crippen LogP contribution in [0.15, 0.2) is 12.3 Å². The first-order chi connectivity index (χ1) is 12.9. The lowest BCUT2D eigenvalue weighted by atomic mass is 10.1. The van der Waals surface area contributed by atoms with Gasteiger partial charge in [0.1, 0.15) is 11.3 Å². The molecule has 10 heteroatoms. The van der Waals surface area contributed by atoms with E-state index in [1.807, 2.05) is 0 Å². The largest absolute Gasteiger partial charge is 0.417 e. The summed E-state index contributed by atoms with van der Waals surface area (Å²) in [7, 11) is 0. The molecule has 1 saturated heterocycles. The predicted molar refractivity (Wildman–Crippen MR) is 89.8 cm³/mol. The molecule has 1 fully saturated rings. The quantitative estimate of drug-likeness (QED) is 0.794. The van der Waals surface area contributed by atoms with Crippen LogP contribution in [-0.4, -0.2) is 57.7 Å². The molecule has 0 spiro atoms. The van der Waals surface area contributed by atoms with Crippen LogP contribution in [0.3, 0.4) is 0 Å². The molecule has 1 amide bonds. The molecule has 2 aromatic rings. The van der Waals surface area contributed by atoms with E-state index < -0.39 is 11.7 Å². The van der Waals surface area contributed by atoms with Gasteiger partial charge in [0.25, 0.3) is 0 Å². The first-order valence-corrected chi connectivity index (χ1v) is 8.93. The molecule has 2 aliphatic heterocycles. The Balaban J connectivity index is 1.39. The number of amides is 1. The molecule has 146 valence electrons. The molecule has 0 aromatic carbocycles. The smallest absolute Gasteiger partial charge is 0.379 e. The molecule has 2 aromatic heterocycles. The highest BCUT2D eigenvalue weighted by Crippen LogP contribution is 2.31. The van der Waals surface area contributed by atoms with Crippen LogP contribution in [0.4, 0.5) is 13.2 Å². The number of hydrogen-bond acceptors (Lipinski definition) is 5. The van der Waals surface area contributed by atoms with Crippen LogP contribution in [0.25, 0.3) is 11.2 Å². The molecule has 0 bridgehead atoms. The summed E-state index contributed by atoms with van der Waals surface area (Å²) in [5, 5.41) is 3.23. The number of rotatable bonds is 5. The number of imidazole rings is 1. The van der Waals surface area contributed by atoms with Crippen molar-refractivity contribution in [3.05, 3.63) is 23.7 Å². The molecule has 0 saturated carbocycles. The first kappa shape index (κ1) is 18.2. The normalized spacial score (nSPS) is 19.8. The molecule has 4 rings (SSSR count). The van der Waals surface area contributed by atoms with Crippen LogP contribution in [0.2, 0.25) is 0 Å². The molecule has 27 heavy (non-hydrogen) atoms. The number of ether oxygens (including phenoxy) is 1. The topological polar surface area (TPSA) is 72.3 Å². The summed E-state index contributed by atoms with van der Waals surface area (Å²) in [5.41, 5.74) is -0.205. The van der Waals surface area contributed by atoms with Crippen LogP contribution in [0.5, 0.6) is 0 Å². The fraction of sp³-hybridized carbons (Fsp3) is 0.588. The van der Waals surface area contributed by atoms with Crippen molar-refractivity contribution in [1.82, 2.24) is 24.8 Å². The number of pyridine rings is 1. The molecular formula is C17H20F3N5O2. The van der Waals surface area contributed by atoms with E-state index in [2.05, 4.69) is 15.3 Å². The van der Waals surface area contributed by atoms with Gasteiger partial charge in [-0.05, 0) is 19.0 Å². The molecular weight excluding hydrogens is 363 g/mol. The van der Waals surface area contributed by atoms with E-state index in [-0.39, 0.29) is 24.4 Å². The summed E-state index contributed by atoms with van der Waals surface area (Å²) in [5.74, 6) is 0.509. The lowest BCUT2D eigenvalue weighted by Gasteiger charge is -2.29. The monoisotopic (exact) mass is 383 g/mol. The van der Waals surface area contributed by atoms with Crippen molar-refractivity contribution < 1.29 is 22.7 Å². The third kappa shape index (κ3) is 3.77. The SMILES string of the molecule is O=C(CCOCC1CCN1)N1CCn2c(nc3cc(C(F)(F)F)cnc32)C1. The Hall–Kier alpha value is -2.20. The van der Waals surface area contributed by atoms with E-state index >= 15 is 0 Å². The van der Waals surface area contributed by atoms with Gasteiger partial charge in [0.05, 0.1) is 31.7 Å². The standard InChI is InChI=1S/C17H20F3N5O2/c18-17(19,20)11-7-13-16(22-8-11)25-5-4-24(9-14(25)23-13)15(26)2-6-27-10-12-1-3-21-12/h7-8,12,21H,1-6,9-10H2. The van der Waals surface area contributed by atoms with Crippen molar-refractivity contribution in [3.8, 4) is 0 Å². The summed E-state index contributed by atoms with van der Waals surface area (Å²) in [6.45, 7) is 3.19. The first-order valence-electron chi connectivity index (χ1n) is 8.93. The zero-order valence-corrected chi connectivity index (χ0v) is 14.6. The Labute approximate surface area is 153 Å². The Morgan fingerprint density at radius 1 is 1.37 bits per heavy atom. The van der Waals surface area contributed by atoms with Gasteiger partial charge < -0.3 is 19.5 Å². The van der Waals surface area contributed by atoms with Gasteiger partial charge in [0.2, 0.25) is 5.91 Å². The highest BCUT2D eigenvalue weighted by atomic mass is 19.4. The number of alkyl halides is 3. The Bertz CT molecular complexity index is 847. The van der Waals surface area contributed by atoms with Crippen molar-refractivity contribution in [3.63, 3.8) is 0 Å². The number of hydrogen-bond donors (Lipinski definition) is 1. The number of carbonyl (C=O) groups is 1. The predicted octanol–water partition coefficient (Wildman–Crippen LogP) is 1.56. The Morgan fingerprint density at radius 2 is 2.19 bits per heavy atom. The second kappa shape index (κ2) is 7.08. The van der Waals surface area contributed by atoms with Crippen LogP contribution >= 0.6 is 0 Å². The highest BCUT2D eigenvalue weighted by molar-refractivity contribution is 5.77. The van der Waals surface area contributed by atoms with Crippen molar-refractivity contribution in [1.29, 1.82) is 0 Å². The third-order valence-electron chi connectivity index (χ3n) is 4.97. The average molecular weight is 383 g/mol. The average Bonchev–Trinajstić information content (AvgIpc) is 2.95. The molecule has 2 aliphatic rings. The van der Waals surface area contributed by atoms with Gasteiger partial charge >= 0.3 is 6.18 Å². The number of halogens is 3. The van der Waals surface area contributed by atoms with E-state index in [1.165, 1.54) is 0 Å². The van der Waals surface area contributed by atoms with Gasteiger partial charge in [0.15, 0.2) is 5.65 Å². The highest BCUT2D eigenvalue weighted by Gasteiger charge is 2.32. The van der Waals surface area contributed by atoms with Crippen molar-refractivity contribution in [2.24, 2.45) is 0 Å². The summed E-state index contributed by atoms with van der Waals surface area (Å²) in [6, 6.07) is 1.39. The van der Waals surface area contributed by atoms with E-state index in [9.17, 15) is 18.0 Å². The minimum Gasteiger partial charge on any atom is -0.379 e. The molecule has 0 aliphatic carbocycles. The Morgan fingerprint density at radius 3 is 2.89 bits per heavy atom.